The van der Waals surface area contributed by atoms with Gasteiger partial charge in [0.05, 0.1) is 0 Å². The lowest BCUT2D eigenvalue weighted by atomic mass is 9.81. The van der Waals surface area contributed by atoms with E-state index in [2.05, 4.69) is 40.5 Å². The molecule has 0 atom stereocenters. The molecule has 0 aliphatic carbocycles. The van der Waals surface area contributed by atoms with Gasteiger partial charge in [-0.1, -0.05) is 30.3 Å². The van der Waals surface area contributed by atoms with Crippen LogP contribution in [0, 0.1) is 5.41 Å². The second-order valence-corrected chi connectivity index (χ2v) is 5.05. The first kappa shape index (κ1) is 9.37. The molecule has 0 bridgehead atoms. The molecule has 2 heterocycles. The number of hydrogen-bond donors (Lipinski definition) is 1. The van der Waals surface area contributed by atoms with E-state index in [0.717, 1.165) is 6.54 Å². The van der Waals surface area contributed by atoms with Crippen molar-refractivity contribution in [2.75, 3.05) is 26.2 Å². The first-order valence-corrected chi connectivity index (χ1v) is 5.83. The van der Waals surface area contributed by atoms with Crippen LogP contribution in [0.25, 0.3) is 0 Å². The normalized spacial score (nSPS) is 24.3. The summed E-state index contributed by atoms with van der Waals surface area (Å²) in [5.41, 5.74) is 2.08. The molecule has 2 heteroatoms. The summed E-state index contributed by atoms with van der Waals surface area (Å²) in [4.78, 5) is 2.59. The Morgan fingerprint density at radius 3 is 2.60 bits per heavy atom. The molecule has 2 saturated heterocycles. The van der Waals surface area contributed by atoms with Gasteiger partial charge in [-0.15, -0.1) is 0 Å². The van der Waals surface area contributed by atoms with Crippen molar-refractivity contribution in [2.24, 2.45) is 5.41 Å². The minimum Gasteiger partial charge on any atom is -0.315 e. The Morgan fingerprint density at radius 2 is 2.00 bits per heavy atom. The van der Waals surface area contributed by atoms with E-state index in [-0.39, 0.29) is 0 Å². The van der Waals surface area contributed by atoms with Gasteiger partial charge in [-0.05, 0) is 18.5 Å². The van der Waals surface area contributed by atoms with Gasteiger partial charge in [-0.3, -0.25) is 4.90 Å². The maximum Gasteiger partial charge on any atom is 0.0233 e. The van der Waals surface area contributed by atoms with Gasteiger partial charge in [-0.2, -0.15) is 0 Å². The number of nitrogens with one attached hydrogen (secondary N) is 1. The highest BCUT2D eigenvalue weighted by molar-refractivity contribution is 5.15. The van der Waals surface area contributed by atoms with E-state index >= 15 is 0 Å². The lowest BCUT2D eigenvalue weighted by Gasteiger charge is -2.39. The lowest BCUT2D eigenvalue weighted by molar-refractivity contribution is 0.167. The maximum atomic E-state index is 3.40. The highest BCUT2D eigenvalue weighted by Gasteiger charge is 2.42. The molecule has 1 N–H and O–H groups in total. The largest absolute Gasteiger partial charge is 0.315 e. The molecule has 1 aromatic rings. The third-order valence-corrected chi connectivity index (χ3v) is 3.77. The van der Waals surface area contributed by atoms with Crippen LogP contribution in [-0.2, 0) is 6.54 Å². The Kier molecular flexibility index (Phi) is 2.26. The van der Waals surface area contributed by atoms with Crippen LogP contribution in [0.15, 0.2) is 30.3 Å². The van der Waals surface area contributed by atoms with Crippen LogP contribution in [0.4, 0.5) is 0 Å². The van der Waals surface area contributed by atoms with E-state index in [4.69, 9.17) is 0 Å². The smallest absolute Gasteiger partial charge is 0.0233 e. The quantitative estimate of drug-likeness (QED) is 0.781. The minimum atomic E-state index is 0.634. The molecule has 80 valence electrons. The number of hydrogen-bond acceptors (Lipinski definition) is 2. The summed E-state index contributed by atoms with van der Waals surface area (Å²) in [5.74, 6) is 0. The van der Waals surface area contributed by atoms with Gasteiger partial charge in [0.2, 0.25) is 0 Å². The van der Waals surface area contributed by atoms with Crippen LogP contribution in [0.1, 0.15) is 12.0 Å². The molecule has 0 amide bonds. The molecule has 2 aliphatic heterocycles. The van der Waals surface area contributed by atoms with Gasteiger partial charge in [-0.25, -0.2) is 0 Å². The second-order valence-electron chi connectivity index (χ2n) is 5.05. The summed E-state index contributed by atoms with van der Waals surface area (Å²) in [5, 5.41) is 3.40. The highest BCUT2D eigenvalue weighted by atomic mass is 15.2. The molecular weight excluding hydrogens is 184 g/mol. The van der Waals surface area contributed by atoms with Crippen molar-refractivity contribution < 1.29 is 0 Å². The highest BCUT2D eigenvalue weighted by Crippen LogP contribution is 2.34. The molecular formula is C13H18N2. The summed E-state index contributed by atoms with van der Waals surface area (Å²) in [6.07, 6.45) is 1.38. The van der Waals surface area contributed by atoms with Crippen molar-refractivity contribution in [1.29, 1.82) is 0 Å². The Morgan fingerprint density at radius 1 is 1.20 bits per heavy atom. The number of nitrogens with zero attached hydrogens (tertiary/aromatic N) is 1. The summed E-state index contributed by atoms with van der Waals surface area (Å²) in [6.45, 7) is 6.16. The van der Waals surface area contributed by atoms with Crippen LogP contribution in [0.2, 0.25) is 0 Å². The molecule has 2 fully saturated rings. The molecule has 0 unspecified atom stereocenters. The SMILES string of the molecule is c1ccc(CN2CCC3(CNC3)C2)cc1. The molecule has 0 aromatic heterocycles. The second kappa shape index (κ2) is 3.62. The molecule has 15 heavy (non-hydrogen) atoms. The van der Waals surface area contributed by atoms with Gasteiger partial charge in [0.25, 0.3) is 0 Å². The van der Waals surface area contributed by atoms with E-state index in [1.807, 2.05) is 0 Å². The third-order valence-electron chi connectivity index (χ3n) is 3.77. The van der Waals surface area contributed by atoms with Crippen molar-refractivity contribution in [1.82, 2.24) is 10.2 Å². The summed E-state index contributed by atoms with van der Waals surface area (Å²) < 4.78 is 0. The Bertz CT molecular complexity index is 330. The fourth-order valence-corrected chi connectivity index (χ4v) is 2.77. The number of benzene rings is 1. The molecule has 1 spiro atoms. The molecule has 2 aliphatic rings. The molecule has 0 radical (unpaired) electrons. The zero-order valence-corrected chi connectivity index (χ0v) is 9.08. The maximum absolute atomic E-state index is 3.40. The van der Waals surface area contributed by atoms with E-state index in [0.29, 0.717) is 5.41 Å². The van der Waals surface area contributed by atoms with Crippen LogP contribution in [-0.4, -0.2) is 31.1 Å². The molecule has 2 nitrogen and oxygen atoms in total. The van der Waals surface area contributed by atoms with E-state index in [1.165, 1.54) is 38.2 Å². The Labute approximate surface area is 91.3 Å². The minimum absolute atomic E-state index is 0.634. The van der Waals surface area contributed by atoms with Crippen molar-refractivity contribution in [2.45, 2.75) is 13.0 Å². The number of likely N-dealkylation sites (tertiary alicyclic amines) is 1. The Balaban J connectivity index is 1.61. The summed E-state index contributed by atoms with van der Waals surface area (Å²) in [6, 6.07) is 10.8. The van der Waals surface area contributed by atoms with Gasteiger partial charge in [0, 0.05) is 31.6 Å². The summed E-state index contributed by atoms with van der Waals surface area (Å²) >= 11 is 0. The monoisotopic (exact) mass is 202 g/mol. The number of rotatable bonds is 2. The van der Waals surface area contributed by atoms with E-state index in [1.54, 1.807) is 0 Å². The third kappa shape index (κ3) is 1.80. The van der Waals surface area contributed by atoms with Crippen molar-refractivity contribution in [3.63, 3.8) is 0 Å². The van der Waals surface area contributed by atoms with E-state index in [9.17, 15) is 0 Å². The zero-order chi connectivity index (χ0) is 10.1. The van der Waals surface area contributed by atoms with Crippen LogP contribution >= 0.6 is 0 Å². The predicted molar refractivity (Wildman–Crippen MR) is 61.6 cm³/mol. The molecule has 0 saturated carbocycles. The van der Waals surface area contributed by atoms with Crippen molar-refractivity contribution in [3.8, 4) is 0 Å². The first-order valence-electron chi connectivity index (χ1n) is 5.83. The fraction of sp³-hybridized carbons (Fsp3) is 0.538. The van der Waals surface area contributed by atoms with Gasteiger partial charge >= 0.3 is 0 Å². The fourth-order valence-electron chi connectivity index (χ4n) is 2.77. The molecule has 3 rings (SSSR count). The van der Waals surface area contributed by atoms with Crippen LogP contribution in [0.5, 0.6) is 0 Å². The van der Waals surface area contributed by atoms with Crippen LogP contribution < -0.4 is 5.32 Å². The average Bonchev–Trinajstić information content (AvgIpc) is 2.63. The average molecular weight is 202 g/mol. The van der Waals surface area contributed by atoms with E-state index < -0.39 is 0 Å². The van der Waals surface area contributed by atoms with Crippen molar-refractivity contribution >= 4 is 0 Å². The van der Waals surface area contributed by atoms with Gasteiger partial charge in [0.15, 0.2) is 0 Å². The first-order chi connectivity index (χ1) is 7.36. The topological polar surface area (TPSA) is 15.3 Å². The molecule has 1 aromatic carbocycles. The zero-order valence-electron chi connectivity index (χ0n) is 9.08. The van der Waals surface area contributed by atoms with Gasteiger partial charge < -0.3 is 5.32 Å². The van der Waals surface area contributed by atoms with Gasteiger partial charge in [0.1, 0.15) is 0 Å². The van der Waals surface area contributed by atoms with Crippen molar-refractivity contribution in [3.05, 3.63) is 35.9 Å². The summed E-state index contributed by atoms with van der Waals surface area (Å²) in [7, 11) is 0. The predicted octanol–water partition coefficient (Wildman–Crippen LogP) is 1.48. The Hall–Kier alpha value is -0.860. The standard InChI is InChI=1S/C13H18N2/c1-2-4-12(5-3-1)8-15-7-6-13(11-15)9-14-10-13/h1-5,14H,6-11H2. The van der Waals surface area contributed by atoms with Crippen LogP contribution in [0.3, 0.4) is 0 Å². The lowest BCUT2D eigenvalue weighted by Crippen LogP contribution is -2.54.